The van der Waals surface area contributed by atoms with Crippen molar-refractivity contribution in [2.45, 2.75) is 6.18 Å². The number of alkyl halides is 3. The number of rotatable bonds is 2. The smallest absolute Gasteiger partial charge is 0.433 e. The van der Waals surface area contributed by atoms with E-state index in [1.54, 1.807) is 12.1 Å². The van der Waals surface area contributed by atoms with Crippen molar-refractivity contribution in [3.05, 3.63) is 46.3 Å². The molecule has 0 aliphatic rings. The fourth-order valence-corrected chi connectivity index (χ4v) is 1.58. The molecule has 100 valence electrons. The van der Waals surface area contributed by atoms with Gasteiger partial charge >= 0.3 is 6.18 Å². The largest absolute Gasteiger partial charge is 0.437 e. The zero-order valence-corrected chi connectivity index (χ0v) is 10.6. The van der Waals surface area contributed by atoms with Gasteiger partial charge in [-0.3, -0.25) is 0 Å². The van der Waals surface area contributed by atoms with Gasteiger partial charge in [-0.15, -0.1) is 0 Å². The predicted octanol–water partition coefficient (Wildman–Crippen LogP) is 4.59. The van der Waals surface area contributed by atoms with E-state index in [4.69, 9.17) is 27.9 Å². The molecule has 0 bridgehead atoms. The van der Waals surface area contributed by atoms with E-state index in [0.717, 1.165) is 0 Å². The average molecular weight is 309 g/mol. The number of ether oxygens (including phenoxy) is 1. The van der Waals surface area contributed by atoms with Crippen LogP contribution in [0.3, 0.4) is 0 Å². The third kappa shape index (κ3) is 3.48. The molecule has 8 heteroatoms. The lowest BCUT2D eigenvalue weighted by atomic mass is 10.3. The molecule has 0 unspecified atom stereocenters. The number of hydrogen-bond donors (Lipinski definition) is 0. The normalized spacial score (nSPS) is 11.4. The molecule has 2 rings (SSSR count). The van der Waals surface area contributed by atoms with E-state index in [9.17, 15) is 13.2 Å². The lowest BCUT2D eigenvalue weighted by Gasteiger charge is -2.09. The second-order valence-electron chi connectivity index (χ2n) is 3.39. The maximum absolute atomic E-state index is 12.5. The van der Waals surface area contributed by atoms with E-state index < -0.39 is 17.2 Å². The first-order valence-corrected chi connectivity index (χ1v) is 5.66. The van der Waals surface area contributed by atoms with Crippen LogP contribution in [0.5, 0.6) is 11.6 Å². The Hall–Kier alpha value is -1.53. The number of aromatic nitrogens is 2. The van der Waals surface area contributed by atoms with Crippen molar-refractivity contribution in [2.75, 3.05) is 0 Å². The van der Waals surface area contributed by atoms with Crippen LogP contribution in [-0.4, -0.2) is 9.97 Å². The zero-order chi connectivity index (χ0) is 14.0. The van der Waals surface area contributed by atoms with Crippen molar-refractivity contribution >= 4 is 23.2 Å². The Morgan fingerprint density at radius 3 is 2.37 bits per heavy atom. The standard InChI is InChI=1S/C11H5Cl2F3N2O/c12-6-3-1-2-4-7(6)19-9-5-8(11(14,15)16)17-10(13)18-9/h1-5H. The maximum atomic E-state index is 12.5. The summed E-state index contributed by atoms with van der Waals surface area (Å²) < 4.78 is 42.8. The third-order valence-electron chi connectivity index (χ3n) is 2.02. The SMILES string of the molecule is FC(F)(F)c1cc(Oc2ccccc2Cl)nc(Cl)n1. The second kappa shape index (κ2) is 5.22. The summed E-state index contributed by atoms with van der Waals surface area (Å²) in [5, 5.41) is -0.317. The van der Waals surface area contributed by atoms with Gasteiger partial charge in [0.2, 0.25) is 11.2 Å². The molecule has 0 fully saturated rings. The Labute approximate surface area is 116 Å². The summed E-state index contributed by atoms with van der Waals surface area (Å²) in [6.45, 7) is 0. The first-order chi connectivity index (χ1) is 8.86. The fraction of sp³-hybridized carbons (Fsp3) is 0.0909. The molecule has 0 aliphatic heterocycles. The Morgan fingerprint density at radius 2 is 1.74 bits per heavy atom. The molecular weight excluding hydrogens is 304 g/mol. The molecule has 0 atom stereocenters. The van der Waals surface area contributed by atoms with Gasteiger partial charge in [-0.2, -0.15) is 18.2 Å². The highest BCUT2D eigenvalue weighted by Crippen LogP contribution is 2.33. The first kappa shape index (κ1) is 13.9. The zero-order valence-electron chi connectivity index (χ0n) is 9.08. The Morgan fingerprint density at radius 1 is 1.05 bits per heavy atom. The summed E-state index contributed by atoms with van der Waals surface area (Å²) in [7, 11) is 0. The van der Waals surface area contributed by atoms with Gasteiger partial charge < -0.3 is 4.74 Å². The highest BCUT2D eigenvalue weighted by Gasteiger charge is 2.34. The molecule has 0 aliphatic carbocycles. The third-order valence-corrected chi connectivity index (χ3v) is 2.50. The maximum Gasteiger partial charge on any atom is 0.433 e. The minimum Gasteiger partial charge on any atom is -0.437 e. The van der Waals surface area contributed by atoms with Gasteiger partial charge in [0, 0.05) is 6.07 Å². The molecule has 0 radical (unpaired) electrons. The fourth-order valence-electron chi connectivity index (χ4n) is 1.23. The van der Waals surface area contributed by atoms with Crippen molar-refractivity contribution in [2.24, 2.45) is 0 Å². The summed E-state index contributed by atoms with van der Waals surface area (Å²) >= 11 is 11.2. The highest BCUT2D eigenvalue weighted by atomic mass is 35.5. The number of para-hydroxylation sites is 1. The van der Waals surface area contributed by atoms with Crippen LogP contribution in [0.4, 0.5) is 13.2 Å². The number of halogens is 5. The topological polar surface area (TPSA) is 35.0 Å². The van der Waals surface area contributed by atoms with E-state index in [0.29, 0.717) is 6.07 Å². The summed E-state index contributed by atoms with van der Waals surface area (Å²) in [5.41, 5.74) is -1.19. The summed E-state index contributed by atoms with van der Waals surface area (Å²) in [6.07, 6.45) is -4.63. The number of nitrogens with zero attached hydrogens (tertiary/aromatic N) is 2. The van der Waals surface area contributed by atoms with Crippen LogP contribution >= 0.6 is 23.2 Å². The summed E-state index contributed by atoms with van der Waals surface area (Å²) in [4.78, 5) is 6.64. The number of benzene rings is 1. The van der Waals surface area contributed by atoms with Crippen LogP contribution in [0, 0.1) is 0 Å². The van der Waals surface area contributed by atoms with Crippen LogP contribution < -0.4 is 4.74 Å². The molecule has 3 nitrogen and oxygen atoms in total. The molecule has 0 spiro atoms. The van der Waals surface area contributed by atoms with Crippen molar-refractivity contribution in [3.8, 4) is 11.6 Å². The van der Waals surface area contributed by atoms with Gasteiger partial charge in [0.25, 0.3) is 0 Å². The van der Waals surface area contributed by atoms with Crippen molar-refractivity contribution in [1.82, 2.24) is 9.97 Å². The van der Waals surface area contributed by atoms with Crippen LogP contribution in [-0.2, 0) is 6.18 Å². The van der Waals surface area contributed by atoms with Gasteiger partial charge in [-0.1, -0.05) is 23.7 Å². The Bertz CT molecular complexity index is 605. The lowest BCUT2D eigenvalue weighted by molar-refractivity contribution is -0.141. The van der Waals surface area contributed by atoms with Crippen molar-refractivity contribution in [3.63, 3.8) is 0 Å². The molecule has 1 aromatic carbocycles. The van der Waals surface area contributed by atoms with Crippen molar-refractivity contribution in [1.29, 1.82) is 0 Å². The van der Waals surface area contributed by atoms with Crippen molar-refractivity contribution < 1.29 is 17.9 Å². The summed E-state index contributed by atoms with van der Waals surface area (Å²) in [5.74, 6) is -0.160. The lowest BCUT2D eigenvalue weighted by Crippen LogP contribution is -2.09. The first-order valence-electron chi connectivity index (χ1n) is 4.90. The molecule has 0 amide bonds. The van der Waals surface area contributed by atoms with E-state index in [1.165, 1.54) is 12.1 Å². The van der Waals surface area contributed by atoms with Crippen LogP contribution in [0.15, 0.2) is 30.3 Å². The molecular formula is C11H5Cl2F3N2O. The quantitative estimate of drug-likeness (QED) is 0.761. The van der Waals surface area contributed by atoms with Gasteiger partial charge in [0.05, 0.1) is 5.02 Å². The van der Waals surface area contributed by atoms with E-state index in [-0.39, 0.29) is 16.7 Å². The minimum absolute atomic E-state index is 0.173. The molecule has 0 saturated carbocycles. The average Bonchev–Trinajstić information content (AvgIpc) is 2.30. The summed E-state index contributed by atoms with van der Waals surface area (Å²) in [6, 6.07) is 6.95. The van der Waals surface area contributed by atoms with E-state index >= 15 is 0 Å². The van der Waals surface area contributed by atoms with Gasteiger partial charge in [-0.05, 0) is 23.7 Å². The van der Waals surface area contributed by atoms with E-state index in [1.807, 2.05) is 0 Å². The van der Waals surface area contributed by atoms with Crippen LogP contribution in [0.1, 0.15) is 5.69 Å². The highest BCUT2D eigenvalue weighted by molar-refractivity contribution is 6.32. The molecule has 19 heavy (non-hydrogen) atoms. The van der Waals surface area contributed by atoms with Crippen LogP contribution in [0.2, 0.25) is 10.3 Å². The molecule has 2 aromatic rings. The van der Waals surface area contributed by atoms with Gasteiger partial charge in [0.15, 0.2) is 5.69 Å². The molecule has 0 saturated heterocycles. The number of hydrogen-bond acceptors (Lipinski definition) is 3. The van der Waals surface area contributed by atoms with Gasteiger partial charge in [-0.25, -0.2) is 4.98 Å². The Kier molecular flexibility index (Phi) is 3.82. The molecule has 1 heterocycles. The second-order valence-corrected chi connectivity index (χ2v) is 4.14. The van der Waals surface area contributed by atoms with E-state index in [2.05, 4.69) is 9.97 Å². The molecule has 1 aromatic heterocycles. The Balaban J connectivity index is 2.36. The minimum atomic E-state index is -4.63. The predicted molar refractivity (Wildman–Crippen MR) is 63.6 cm³/mol. The van der Waals surface area contributed by atoms with Crippen LogP contribution in [0.25, 0.3) is 0 Å². The molecule has 0 N–H and O–H groups in total. The van der Waals surface area contributed by atoms with Gasteiger partial charge in [0.1, 0.15) is 5.75 Å². The monoisotopic (exact) mass is 308 g/mol.